The number of oxime groups is 1. The van der Waals surface area contributed by atoms with Gasteiger partial charge in [-0.3, -0.25) is 24.4 Å². The van der Waals surface area contributed by atoms with Gasteiger partial charge in [0.25, 0.3) is 11.8 Å². The molecule has 2 aromatic heterocycles. The Kier molecular flexibility index (Phi) is 14.1. The summed E-state index contributed by atoms with van der Waals surface area (Å²) in [6.45, 7) is 2.92. The summed E-state index contributed by atoms with van der Waals surface area (Å²) in [5.41, 5.74) is 15.2. The van der Waals surface area contributed by atoms with Crippen LogP contribution < -0.4 is 37.8 Å². The standard InChI is InChI=1S/C23H30N12O8S2.ClH.H2O4S/c1-23(2,20(40)41)43-31-11(15-30-21(26)45-32-15)16(36)29-12-17(37)35-13(19(38)39)9(8-44-18(12)35)6-34-7-10(14(25)33(34)3)28-22(42)27-5-4-24;;1-5(2,3)4/h7,12,18,25H,4-6,8,24H2,1-3H3,(H7,26,27,28,29,30,32,36,38,39,40,41,42);1H;(H2,1,2,3,4)/b31-11-;;/t12-,18-;;/m1../s1. The van der Waals surface area contributed by atoms with Gasteiger partial charge in [-0.2, -0.15) is 9.36 Å². The predicted octanol–water partition coefficient (Wildman–Crippen LogP) is -3.14. The fourth-order valence-corrected chi connectivity index (χ4v) is 5.91. The number of nitrogens with zero attached hydrogens (tertiary/aromatic N) is 6. The average Bonchev–Trinajstić information content (AvgIpc) is 3.55. The topological polar surface area (TPSA) is 377 Å². The molecular formula is C23H33ClN12O12S3. The van der Waals surface area contributed by atoms with E-state index in [1.54, 1.807) is 11.7 Å². The number of halogens is 1. The lowest BCUT2D eigenvalue weighted by Gasteiger charge is -2.49. The number of hydrogen-bond acceptors (Lipinski definition) is 17. The molecule has 28 heteroatoms. The van der Waals surface area contributed by atoms with Crippen LogP contribution in [0.5, 0.6) is 0 Å². The van der Waals surface area contributed by atoms with E-state index in [0.717, 1.165) is 16.4 Å². The summed E-state index contributed by atoms with van der Waals surface area (Å²) < 4.78 is 39.8. The van der Waals surface area contributed by atoms with Crippen molar-refractivity contribution in [1.82, 2.24) is 29.6 Å². The Morgan fingerprint density at radius 3 is 2.41 bits per heavy atom. The molecule has 0 saturated carbocycles. The van der Waals surface area contributed by atoms with Crippen molar-refractivity contribution in [3.8, 4) is 0 Å². The van der Waals surface area contributed by atoms with Gasteiger partial charge >= 0.3 is 18.0 Å². The normalized spacial score (nSPS) is 17.2. The number of nitrogen functional groups attached to an aromatic ring is 2. The van der Waals surface area contributed by atoms with E-state index in [4.69, 9.17) is 39.6 Å². The second kappa shape index (κ2) is 16.9. The number of carbonyl (C=O) groups excluding carboxylic acids is 3. The highest BCUT2D eigenvalue weighted by molar-refractivity contribution is 8.00. The molecule has 2 aliphatic rings. The second-order valence-corrected chi connectivity index (χ2v) is 13.3. The first kappa shape index (κ1) is 42.4. The van der Waals surface area contributed by atoms with Crippen molar-refractivity contribution >= 4 is 98.2 Å². The summed E-state index contributed by atoms with van der Waals surface area (Å²) in [7, 11) is -3.30. The summed E-state index contributed by atoms with van der Waals surface area (Å²) in [5, 5.41) is 29.9. The van der Waals surface area contributed by atoms with Gasteiger partial charge in [-0.15, -0.1) is 33.5 Å². The van der Waals surface area contributed by atoms with Crippen LogP contribution in [0.15, 0.2) is 22.6 Å². The van der Waals surface area contributed by atoms with Gasteiger partial charge in [-0.05, 0) is 13.8 Å². The van der Waals surface area contributed by atoms with Crippen molar-refractivity contribution in [2.75, 3.05) is 35.6 Å². The Labute approximate surface area is 302 Å². The minimum Gasteiger partial charge on any atom is -0.726 e. The van der Waals surface area contributed by atoms with Crippen molar-refractivity contribution in [3.05, 3.63) is 23.3 Å². The molecule has 2 aromatic rings. The highest BCUT2D eigenvalue weighted by atomic mass is 35.5. The van der Waals surface area contributed by atoms with Crippen molar-refractivity contribution < 1.29 is 61.2 Å². The molecule has 1 fully saturated rings. The number of fused-ring (bicyclic) bond motifs is 1. The van der Waals surface area contributed by atoms with E-state index in [2.05, 4.69) is 30.5 Å². The number of β-lactam (4-membered cyclic amide) rings is 1. The van der Waals surface area contributed by atoms with Crippen molar-refractivity contribution in [2.24, 2.45) is 17.9 Å². The third kappa shape index (κ3) is 10.6. The molecule has 2 atom stereocenters. The number of carbonyl (C=O) groups is 5. The smallest absolute Gasteiger partial charge is 0.352 e. The molecule has 4 heterocycles. The highest BCUT2D eigenvalue weighted by Gasteiger charge is 2.55. The molecule has 0 aromatic carbocycles. The van der Waals surface area contributed by atoms with Crippen LogP contribution in [0, 0.1) is 0 Å². The van der Waals surface area contributed by atoms with Crippen molar-refractivity contribution in [1.29, 1.82) is 0 Å². The number of rotatable bonds is 12. The molecule has 51 heavy (non-hydrogen) atoms. The molecule has 282 valence electrons. The Morgan fingerprint density at radius 1 is 1.25 bits per heavy atom. The van der Waals surface area contributed by atoms with E-state index in [9.17, 15) is 34.2 Å². The molecule has 0 unspecified atom stereocenters. The number of urea groups is 1. The van der Waals surface area contributed by atoms with Crippen molar-refractivity contribution in [2.45, 2.75) is 37.4 Å². The molecule has 4 rings (SSSR count). The molecule has 24 nitrogen and oxygen atoms in total. The number of thioether (sulfide) groups is 1. The number of carboxylic acids is 2. The lowest BCUT2D eigenvalue weighted by atomic mass is 10.0. The fourth-order valence-electron chi connectivity index (χ4n) is 4.14. The summed E-state index contributed by atoms with van der Waals surface area (Å²) in [6, 6.07) is -1.68. The van der Waals surface area contributed by atoms with Gasteiger partial charge in [0.1, 0.15) is 17.1 Å². The van der Waals surface area contributed by atoms with Gasteiger partial charge in [0, 0.05) is 35.9 Å². The predicted molar refractivity (Wildman–Crippen MR) is 179 cm³/mol. The molecule has 4 amide bonds. The maximum Gasteiger partial charge on any atom is 0.352 e. The monoisotopic (exact) mass is 800 g/mol. The summed E-state index contributed by atoms with van der Waals surface area (Å²) in [6.07, 6.45) is 1.52. The van der Waals surface area contributed by atoms with Crippen LogP contribution in [0.4, 0.5) is 21.4 Å². The highest BCUT2D eigenvalue weighted by Crippen LogP contribution is 2.40. The zero-order valence-electron chi connectivity index (χ0n) is 26.6. The number of anilines is 3. The van der Waals surface area contributed by atoms with E-state index in [1.165, 1.54) is 36.5 Å². The van der Waals surface area contributed by atoms with E-state index in [-0.39, 0.29) is 66.0 Å². The lowest BCUT2D eigenvalue weighted by molar-refractivity contribution is -0.765. The van der Waals surface area contributed by atoms with Crippen LogP contribution in [-0.4, -0.2) is 118 Å². The van der Waals surface area contributed by atoms with Crippen LogP contribution in [0.2, 0.25) is 0 Å². The number of hydrogen-bond donors (Lipinski definition) is 9. The van der Waals surface area contributed by atoms with Gasteiger partial charge < -0.3 is 47.4 Å². The first-order chi connectivity index (χ1) is 23.2. The largest absolute Gasteiger partial charge is 0.726 e. The van der Waals surface area contributed by atoms with E-state index in [0.29, 0.717) is 5.57 Å². The summed E-state index contributed by atoms with van der Waals surface area (Å²) in [4.78, 5) is 72.4. The first-order valence-corrected chi connectivity index (χ1v) is 16.9. The summed E-state index contributed by atoms with van der Waals surface area (Å²) in [5.74, 6) is -4.28. The van der Waals surface area contributed by atoms with Gasteiger partial charge in [0.15, 0.2) is 23.2 Å². The zero-order chi connectivity index (χ0) is 37.7. The molecule has 0 bridgehead atoms. The second-order valence-electron chi connectivity index (χ2n) is 10.6. The zero-order valence-corrected chi connectivity index (χ0v) is 29.9. The molecule has 2 aliphatic heterocycles. The van der Waals surface area contributed by atoms with Crippen LogP contribution >= 0.6 is 35.7 Å². The summed E-state index contributed by atoms with van der Waals surface area (Å²) >= 11 is 1.96. The van der Waals surface area contributed by atoms with Gasteiger partial charge in [-0.1, -0.05) is 5.16 Å². The minimum absolute atomic E-state index is 0. The first-order valence-electron chi connectivity index (χ1n) is 13.7. The number of aromatic nitrogens is 4. The molecule has 0 aliphatic carbocycles. The van der Waals surface area contributed by atoms with Crippen molar-refractivity contribution in [3.63, 3.8) is 0 Å². The van der Waals surface area contributed by atoms with Gasteiger partial charge in [-0.25, -0.2) is 22.8 Å². The molecule has 1 saturated heterocycles. The Morgan fingerprint density at radius 2 is 1.88 bits per heavy atom. The molecule has 12 N–H and O–H groups in total. The minimum atomic E-state index is -4.92. The van der Waals surface area contributed by atoms with E-state index >= 15 is 0 Å². The van der Waals surface area contributed by atoms with Crippen LogP contribution in [0.25, 0.3) is 0 Å². The van der Waals surface area contributed by atoms with E-state index in [1.807, 2.05) is 0 Å². The van der Waals surface area contributed by atoms with E-state index < -0.39 is 62.9 Å². The van der Waals surface area contributed by atoms with Gasteiger partial charge in [0.05, 0.1) is 7.05 Å². The molecule has 0 radical (unpaired) electrons. The number of nitrogens with two attached hydrogens (primary N) is 3. The quantitative estimate of drug-likeness (QED) is 0.0256. The number of carboxylic acid groups (broad SMARTS) is 2. The SMILES string of the molecule is Cl.Cn1c(N)c(NC(=O)NCCN)c[n+]1CC1=C(C(=O)O)N2C(=O)[C@@H](NC(=O)/C(=N\OC(C)(C)C(=O)O)c3nsc(N)n3)[C@H]2SC1.O=S(=O)([O-])O. The number of amides is 4. The van der Waals surface area contributed by atoms with Gasteiger partial charge in [0.2, 0.25) is 33.7 Å². The maximum absolute atomic E-state index is 13.3. The third-order valence-corrected chi connectivity index (χ3v) is 8.49. The molecular weight excluding hydrogens is 768 g/mol. The number of nitrogens with one attached hydrogen (secondary N) is 3. The third-order valence-electron chi connectivity index (χ3n) is 6.60. The number of aliphatic carboxylic acids is 2. The lowest BCUT2D eigenvalue weighted by Crippen LogP contribution is -2.71. The fraction of sp³-hybridized carbons (Fsp3) is 0.435. The maximum atomic E-state index is 13.3. The van der Waals surface area contributed by atoms with Crippen LogP contribution in [-0.2, 0) is 48.0 Å². The van der Waals surface area contributed by atoms with Crippen LogP contribution in [0.1, 0.15) is 19.7 Å². The average molecular weight is 801 g/mol. The Bertz CT molecular complexity index is 1850. The Hall–Kier alpha value is -4.80. The van der Waals surface area contributed by atoms with Crippen LogP contribution in [0.3, 0.4) is 0 Å². The Balaban J connectivity index is 0.00000140. The molecule has 0 spiro atoms.